The van der Waals surface area contributed by atoms with Crippen LogP contribution in [0.15, 0.2) is 90.5 Å². The molecule has 64 heavy (non-hydrogen) atoms. The highest BCUT2D eigenvalue weighted by Gasteiger charge is 2.59. The molecular formula is C60H88O4. The van der Waals surface area contributed by atoms with Gasteiger partial charge in [0.25, 0.3) is 0 Å². The Morgan fingerprint density at radius 1 is 0.594 bits per heavy atom. The monoisotopic (exact) mass is 873 g/mol. The number of unbranched alkanes of at least 4 members (excludes halogenated alkanes) is 9. The normalized spacial score (nSPS) is 27.1. The van der Waals surface area contributed by atoms with E-state index in [-0.39, 0.29) is 0 Å². The molecular weight excluding hydrogens is 785 g/mol. The van der Waals surface area contributed by atoms with Crippen molar-refractivity contribution in [1.29, 1.82) is 0 Å². The molecule has 0 bridgehead atoms. The highest BCUT2D eigenvalue weighted by Crippen LogP contribution is 2.67. The van der Waals surface area contributed by atoms with Crippen LogP contribution in [0.3, 0.4) is 0 Å². The summed E-state index contributed by atoms with van der Waals surface area (Å²) in [6.07, 6.45) is 31.2. The molecule has 0 spiro atoms. The van der Waals surface area contributed by atoms with E-state index in [0.717, 1.165) is 76.7 Å². The van der Waals surface area contributed by atoms with Crippen LogP contribution in [0.5, 0.6) is 11.5 Å². The van der Waals surface area contributed by atoms with Crippen molar-refractivity contribution < 1.29 is 18.9 Å². The number of hydrogen-bond acceptors (Lipinski definition) is 4. The SMILES string of the molecule is COc1ccc(C(OCCCCCCCCCCCCOC2CC[C@@]3(C)C(=CCC4C3CC[C@@]3(C)C4CC[C@@H]3[C@H](C)CCCC(C)C)C2)(c2ccccc2)c2ccc(OC)cc2)cc1. The summed E-state index contributed by atoms with van der Waals surface area (Å²) in [5.41, 5.74) is 5.34. The van der Waals surface area contributed by atoms with E-state index < -0.39 is 5.60 Å². The summed E-state index contributed by atoms with van der Waals surface area (Å²) in [7, 11) is 3.43. The molecule has 0 amide bonds. The van der Waals surface area contributed by atoms with Crippen LogP contribution in [0.25, 0.3) is 0 Å². The molecule has 4 heteroatoms. The largest absolute Gasteiger partial charge is 0.497 e. The number of benzene rings is 3. The zero-order valence-electron chi connectivity index (χ0n) is 41.5. The average molecular weight is 873 g/mol. The minimum absolute atomic E-state index is 0.419. The molecule has 3 fully saturated rings. The second-order valence-electron chi connectivity index (χ2n) is 21.9. The number of methoxy groups -OCH3 is 2. The van der Waals surface area contributed by atoms with E-state index in [1.54, 1.807) is 19.8 Å². The van der Waals surface area contributed by atoms with Crippen LogP contribution in [0.1, 0.15) is 186 Å². The lowest BCUT2D eigenvalue weighted by Crippen LogP contribution is -2.51. The number of allylic oxidation sites excluding steroid dienone is 1. The van der Waals surface area contributed by atoms with E-state index >= 15 is 0 Å². The maximum Gasteiger partial charge on any atom is 0.143 e. The molecule has 0 saturated heterocycles. The summed E-state index contributed by atoms with van der Waals surface area (Å²) < 4.78 is 24.7. The zero-order chi connectivity index (χ0) is 45.0. The summed E-state index contributed by atoms with van der Waals surface area (Å²) in [5.74, 6) is 7.13. The van der Waals surface area contributed by atoms with Gasteiger partial charge in [-0.2, -0.15) is 0 Å². The molecule has 3 saturated carbocycles. The third-order valence-electron chi connectivity index (χ3n) is 17.6. The summed E-state index contributed by atoms with van der Waals surface area (Å²) in [5, 5.41) is 0. The number of hydrogen-bond donors (Lipinski definition) is 0. The van der Waals surface area contributed by atoms with Gasteiger partial charge >= 0.3 is 0 Å². The van der Waals surface area contributed by atoms with Crippen molar-refractivity contribution in [3.8, 4) is 11.5 Å². The Balaban J connectivity index is 0.775. The molecule has 352 valence electrons. The van der Waals surface area contributed by atoms with Gasteiger partial charge in [-0.15, -0.1) is 0 Å². The molecule has 3 aromatic rings. The minimum Gasteiger partial charge on any atom is -0.497 e. The first-order chi connectivity index (χ1) is 31.1. The lowest BCUT2D eigenvalue weighted by molar-refractivity contribution is -0.0641. The fraction of sp³-hybridized carbons (Fsp3) is 0.667. The molecule has 4 aliphatic carbocycles. The lowest BCUT2D eigenvalue weighted by Gasteiger charge is -2.58. The fourth-order valence-corrected chi connectivity index (χ4v) is 14.0. The molecule has 4 nitrogen and oxygen atoms in total. The van der Waals surface area contributed by atoms with Crippen molar-refractivity contribution in [2.75, 3.05) is 27.4 Å². The Labute approximate surface area is 391 Å². The molecule has 0 N–H and O–H groups in total. The predicted octanol–water partition coefficient (Wildman–Crippen LogP) is 16.3. The summed E-state index contributed by atoms with van der Waals surface area (Å²) in [6.45, 7) is 14.4. The summed E-state index contributed by atoms with van der Waals surface area (Å²) >= 11 is 0. The molecule has 0 aliphatic heterocycles. The third-order valence-corrected chi connectivity index (χ3v) is 17.6. The van der Waals surface area contributed by atoms with E-state index in [9.17, 15) is 0 Å². The van der Waals surface area contributed by atoms with Crippen molar-refractivity contribution in [2.45, 2.75) is 181 Å². The van der Waals surface area contributed by atoms with Gasteiger partial charge in [0.05, 0.1) is 20.3 Å². The van der Waals surface area contributed by atoms with Crippen LogP contribution in [-0.2, 0) is 15.1 Å². The second kappa shape index (κ2) is 23.1. The van der Waals surface area contributed by atoms with E-state index in [2.05, 4.69) is 95.3 Å². The molecule has 0 radical (unpaired) electrons. The van der Waals surface area contributed by atoms with Crippen molar-refractivity contribution >= 4 is 0 Å². The van der Waals surface area contributed by atoms with Crippen molar-refractivity contribution in [3.63, 3.8) is 0 Å². The van der Waals surface area contributed by atoms with Gasteiger partial charge in [0, 0.05) is 13.2 Å². The minimum atomic E-state index is -0.733. The van der Waals surface area contributed by atoms with Gasteiger partial charge in [-0.1, -0.05) is 171 Å². The predicted molar refractivity (Wildman–Crippen MR) is 267 cm³/mol. The first-order valence-corrected chi connectivity index (χ1v) is 26.4. The lowest BCUT2D eigenvalue weighted by atomic mass is 9.47. The van der Waals surface area contributed by atoms with E-state index in [1.807, 2.05) is 24.3 Å². The molecule has 4 unspecified atom stereocenters. The van der Waals surface area contributed by atoms with Gasteiger partial charge in [0.15, 0.2) is 0 Å². The molecule has 3 aromatic carbocycles. The zero-order valence-corrected chi connectivity index (χ0v) is 41.5. The van der Waals surface area contributed by atoms with Gasteiger partial charge < -0.3 is 18.9 Å². The molecule has 8 atom stereocenters. The molecule has 0 aromatic heterocycles. The standard InChI is InChI=1S/C60H88O4/c1-45(2)22-21-23-46(3)55-36-37-56-54-35-30-50-44-53(38-40-58(50,4)57(54)39-41-59(55,56)5)63-42-19-14-12-10-8-9-11-13-15-20-43-64-60(47-24-17-16-18-25-47,48-26-31-51(61-6)32-27-48)49-28-33-52(62-7)34-29-49/h16-18,24-34,45-46,53-57H,8-15,19-23,35-44H2,1-7H3/t46-,53?,54?,55-,56?,57?,58+,59-/m1/s1. The van der Waals surface area contributed by atoms with Gasteiger partial charge in [0.2, 0.25) is 0 Å². The molecule has 4 aliphatic rings. The Morgan fingerprint density at radius 2 is 1.17 bits per heavy atom. The first-order valence-electron chi connectivity index (χ1n) is 26.4. The maximum absolute atomic E-state index is 7.05. The van der Waals surface area contributed by atoms with Crippen molar-refractivity contribution in [1.82, 2.24) is 0 Å². The molecule has 0 heterocycles. The molecule has 7 rings (SSSR count). The topological polar surface area (TPSA) is 36.9 Å². The van der Waals surface area contributed by atoms with Gasteiger partial charge in [-0.3, -0.25) is 0 Å². The van der Waals surface area contributed by atoms with Crippen LogP contribution in [-0.4, -0.2) is 33.5 Å². The Kier molecular flexibility index (Phi) is 17.6. The van der Waals surface area contributed by atoms with E-state index in [4.69, 9.17) is 18.9 Å². The quantitative estimate of drug-likeness (QED) is 0.0483. The highest BCUT2D eigenvalue weighted by molar-refractivity contribution is 5.49. The second-order valence-corrected chi connectivity index (χ2v) is 21.9. The van der Waals surface area contributed by atoms with Crippen LogP contribution in [0, 0.1) is 46.3 Å². The first kappa shape index (κ1) is 48.8. The van der Waals surface area contributed by atoms with E-state index in [0.29, 0.717) is 23.5 Å². The van der Waals surface area contributed by atoms with Crippen molar-refractivity contribution in [2.24, 2.45) is 46.3 Å². The maximum atomic E-state index is 7.05. The van der Waals surface area contributed by atoms with Crippen LogP contribution in [0.4, 0.5) is 0 Å². The smallest absolute Gasteiger partial charge is 0.143 e. The van der Waals surface area contributed by atoms with Gasteiger partial charge in [-0.05, 0) is 152 Å². The van der Waals surface area contributed by atoms with E-state index in [1.165, 1.54) is 128 Å². The Hall–Kier alpha value is -3.08. The Bertz CT molecular complexity index is 1800. The average Bonchev–Trinajstić information content (AvgIpc) is 3.68. The van der Waals surface area contributed by atoms with Crippen LogP contribution >= 0.6 is 0 Å². The Morgan fingerprint density at radius 3 is 1.77 bits per heavy atom. The van der Waals surface area contributed by atoms with Gasteiger partial charge in [0.1, 0.15) is 17.1 Å². The van der Waals surface area contributed by atoms with Crippen LogP contribution in [0.2, 0.25) is 0 Å². The number of ether oxygens (including phenoxy) is 4. The number of fused-ring (bicyclic) bond motifs is 5. The van der Waals surface area contributed by atoms with Gasteiger partial charge in [-0.25, -0.2) is 0 Å². The highest BCUT2D eigenvalue weighted by atomic mass is 16.5. The fourth-order valence-electron chi connectivity index (χ4n) is 14.0. The van der Waals surface area contributed by atoms with Crippen LogP contribution < -0.4 is 9.47 Å². The third kappa shape index (κ3) is 11.2. The summed E-state index contributed by atoms with van der Waals surface area (Å²) in [4.78, 5) is 0. The summed E-state index contributed by atoms with van der Waals surface area (Å²) in [6, 6.07) is 27.3. The van der Waals surface area contributed by atoms with Crippen molar-refractivity contribution in [3.05, 3.63) is 107 Å². The number of rotatable bonds is 25.